The first-order valence-corrected chi connectivity index (χ1v) is 7.57. The largest absolute Gasteiger partial charge is 0.345 e. The number of rotatable bonds is 3. The van der Waals surface area contributed by atoms with Gasteiger partial charge < -0.3 is 5.32 Å². The highest BCUT2D eigenvalue weighted by Crippen LogP contribution is 2.21. The van der Waals surface area contributed by atoms with Crippen LogP contribution in [0.2, 0.25) is 0 Å². The van der Waals surface area contributed by atoms with E-state index in [4.69, 9.17) is 0 Å². The molecule has 0 aliphatic heterocycles. The van der Waals surface area contributed by atoms with Gasteiger partial charge in [0.2, 0.25) is 0 Å². The van der Waals surface area contributed by atoms with E-state index in [0.29, 0.717) is 5.56 Å². The summed E-state index contributed by atoms with van der Waals surface area (Å²) in [6.45, 7) is 5.58. The number of hydrogen-bond donors (Lipinski definition) is 1. The van der Waals surface area contributed by atoms with Gasteiger partial charge in [-0.25, -0.2) is 0 Å². The van der Waals surface area contributed by atoms with Gasteiger partial charge in [-0.3, -0.25) is 9.59 Å². The average Bonchev–Trinajstić information content (AvgIpc) is 2.42. The Morgan fingerprint density at radius 3 is 2.33 bits per heavy atom. The third-order valence-corrected chi connectivity index (χ3v) is 3.80. The third kappa shape index (κ3) is 3.91. The molecule has 2 rings (SSSR count). The van der Waals surface area contributed by atoms with Gasteiger partial charge in [0.25, 0.3) is 5.91 Å². The van der Waals surface area contributed by atoms with Crippen LogP contribution in [-0.4, -0.2) is 18.2 Å². The molecule has 0 unspecified atom stereocenters. The van der Waals surface area contributed by atoms with Crippen LogP contribution in [0.4, 0.5) is 0 Å². The van der Waals surface area contributed by atoms with Gasteiger partial charge in [-0.05, 0) is 35.0 Å². The minimum absolute atomic E-state index is 0.0144. The predicted octanol–water partition coefficient (Wildman–Crippen LogP) is 3.95. The van der Waals surface area contributed by atoms with Crippen LogP contribution in [0.5, 0.6) is 0 Å². The molecular weight excluding hydrogens is 330 g/mol. The number of nitrogens with one attached hydrogen (secondary N) is 1. The number of Topliss-reactive ketones (excluding diaryl/α,β-unsaturated/α-hetero) is 1. The summed E-state index contributed by atoms with van der Waals surface area (Å²) in [5.74, 6) is -0.210. The van der Waals surface area contributed by atoms with Crippen molar-refractivity contribution in [2.75, 3.05) is 6.54 Å². The fraction of sp³-hybridized carbons (Fsp3) is 0.294. The quantitative estimate of drug-likeness (QED) is 0.913. The van der Waals surface area contributed by atoms with Crippen molar-refractivity contribution in [1.29, 1.82) is 0 Å². The van der Waals surface area contributed by atoms with Crippen molar-refractivity contribution in [3.63, 3.8) is 0 Å². The molecule has 2 aromatic carbocycles. The second-order valence-electron chi connectivity index (χ2n) is 6.06. The molecule has 0 bridgehead atoms. The molecule has 0 radical (unpaired) electrons. The molecule has 0 spiro atoms. The fourth-order valence-corrected chi connectivity index (χ4v) is 2.26. The molecule has 0 saturated carbocycles. The summed E-state index contributed by atoms with van der Waals surface area (Å²) < 4.78 is 1.00. The van der Waals surface area contributed by atoms with Crippen molar-refractivity contribution in [2.45, 2.75) is 20.8 Å². The SMILES string of the molecule is CC(C)(C)C(=O)CNC(=O)c1ccc2cc(Br)ccc2c1. The number of carbonyl (C=O) groups is 2. The fourth-order valence-electron chi connectivity index (χ4n) is 1.89. The maximum atomic E-state index is 12.1. The van der Waals surface area contributed by atoms with Gasteiger partial charge in [-0.1, -0.05) is 48.8 Å². The maximum Gasteiger partial charge on any atom is 0.251 e. The number of carbonyl (C=O) groups excluding carboxylic acids is 2. The molecule has 0 aliphatic rings. The van der Waals surface area contributed by atoms with Crippen LogP contribution in [0.1, 0.15) is 31.1 Å². The molecular formula is C17H18BrNO2. The number of ketones is 1. The van der Waals surface area contributed by atoms with Crippen molar-refractivity contribution in [2.24, 2.45) is 5.41 Å². The topological polar surface area (TPSA) is 46.2 Å². The Morgan fingerprint density at radius 1 is 1.05 bits per heavy atom. The summed E-state index contributed by atoms with van der Waals surface area (Å²) in [5.41, 5.74) is 0.120. The van der Waals surface area contributed by atoms with Gasteiger partial charge in [0.1, 0.15) is 0 Å². The Hall–Kier alpha value is -1.68. The van der Waals surface area contributed by atoms with Crippen LogP contribution in [-0.2, 0) is 4.79 Å². The molecule has 0 aliphatic carbocycles. The lowest BCUT2D eigenvalue weighted by molar-refractivity contribution is -0.125. The van der Waals surface area contributed by atoms with E-state index in [1.54, 1.807) is 6.07 Å². The molecule has 1 N–H and O–H groups in total. The zero-order valence-electron chi connectivity index (χ0n) is 12.4. The Bertz CT molecular complexity index is 701. The molecule has 0 atom stereocenters. The Balaban J connectivity index is 2.13. The van der Waals surface area contributed by atoms with Gasteiger partial charge in [0, 0.05) is 15.5 Å². The van der Waals surface area contributed by atoms with E-state index in [9.17, 15) is 9.59 Å². The number of hydrogen-bond acceptors (Lipinski definition) is 2. The third-order valence-electron chi connectivity index (χ3n) is 3.31. The highest BCUT2D eigenvalue weighted by Gasteiger charge is 2.21. The van der Waals surface area contributed by atoms with Crippen LogP contribution in [0.15, 0.2) is 40.9 Å². The Labute approximate surface area is 132 Å². The van der Waals surface area contributed by atoms with Crippen LogP contribution < -0.4 is 5.32 Å². The van der Waals surface area contributed by atoms with Gasteiger partial charge in [-0.2, -0.15) is 0 Å². The molecule has 110 valence electrons. The summed E-state index contributed by atoms with van der Waals surface area (Å²) >= 11 is 3.42. The number of amides is 1. The van der Waals surface area contributed by atoms with Gasteiger partial charge in [0.15, 0.2) is 5.78 Å². The zero-order valence-corrected chi connectivity index (χ0v) is 14.0. The smallest absolute Gasteiger partial charge is 0.251 e. The molecule has 0 heterocycles. The van der Waals surface area contributed by atoms with E-state index in [0.717, 1.165) is 15.2 Å². The molecule has 2 aromatic rings. The van der Waals surface area contributed by atoms with E-state index < -0.39 is 5.41 Å². The average molecular weight is 348 g/mol. The van der Waals surface area contributed by atoms with E-state index in [1.165, 1.54) is 0 Å². The molecule has 21 heavy (non-hydrogen) atoms. The highest BCUT2D eigenvalue weighted by atomic mass is 79.9. The minimum Gasteiger partial charge on any atom is -0.345 e. The molecule has 0 fully saturated rings. The second kappa shape index (κ2) is 5.98. The Morgan fingerprint density at radius 2 is 1.67 bits per heavy atom. The number of fused-ring (bicyclic) bond motifs is 1. The molecule has 4 heteroatoms. The maximum absolute atomic E-state index is 12.1. The first-order chi connectivity index (χ1) is 9.77. The summed E-state index contributed by atoms with van der Waals surface area (Å²) in [6, 6.07) is 11.4. The second-order valence-corrected chi connectivity index (χ2v) is 6.98. The number of halogens is 1. The summed E-state index contributed by atoms with van der Waals surface area (Å²) in [4.78, 5) is 23.9. The first-order valence-electron chi connectivity index (χ1n) is 6.78. The van der Waals surface area contributed by atoms with Gasteiger partial charge >= 0.3 is 0 Å². The van der Waals surface area contributed by atoms with E-state index in [1.807, 2.05) is 51.1 Å². The van der Waals surface area contributed by atoms with E-state index in [-0.39, 0.29) is 18.2 Å². The van der Waals surface area contributed by atoms with Crippen molar-refractivity contribution < 1.29 is 9.59 Å². The minimum atomic E-state index is -0.442. The van der Waals surface area contributed by atoms with E-state index >= 15 is 0 Å². The monoisotopic (exact) mass is 347 g/mol. The molecule has 1 amide bonds. The van der Waals surface area contributed by atoms with Crippen molar-refractivity contribution in [1.82, 2.24) is 5.32 Å². The van der Waals surface area contributed by atoms with Crippen LogP contribution in [0, 0.1) is 5.41 Å². The lowest BCUT2D eigenvalue weighted by atomic mass is 9.91. The number of benzene rings is 2. The lowest BCUT2D eigenvalue weighted by Gasteiger charge is -2.16. The zero-order chi connectivity index (χ0) is 15.6. The highest BCUT2D eigenvalue weighted by molar-refractivity contribution is 9.10. The normalized spacial score (nSPS) is 11.4. The van der Waals surface area contributed by atoms with Crippen molar-refractivity contribution in [3.05, 3.63) is 46.4 Å². The van der Waals surface area contributed by atoms with Crippen LogP contribution in [0.3, 0.4) is 0 Å². The predicted molar refractivity (Wildman–Crippen MR) is 88.4 cm³/mol. The van der Waals surface area contributed by atoms with Gasteiger partial charge in [0.05, 0.1) is 6.54 Å². The van der Waals surface area contributed by atoms with Crippen molar-refractivity contribution in [3.8, 4) is 0 Å². The summed E-state index contributed by atoms with van der Waals surface area (Å²) in [6.07, 6.45) is 0. The standard InChI is InChI=1S/C17H18BrNO2/c1-17(2,3)15(20)10-19-16(21)13-5-4-12-9-14(18)7-6-11(12)8-13/h4-9H,10H2,1-3H3,(H,19,21). The van der Waals surface area contributed by atoms with Gasteiger partial charge in [-0.15, -0.1) is 0 Å². The molecule has 3 nitrogen and oxygen atoms in total. The van der Waals surface area contributed by atoms with Crippen LogP contribution >= 0.6 is 15.9 Å². The Kier molecular flexibility index (Phi) is 4.47. The van der Waals surface area contributed by atoms with Crippen molar-refractivity contribution >= 4 is 38.4 Å². The summed E-state index contributed by atoms with van der Waals surface area (Å²) in [7, 11) is 0. The van der Waals surface area contributed by atoms with Crippen LogP contribution in [0.25, 0.3) is 10.8 Å². The lowest BCUT2D eigenvalue weighted by Crippen LogP contribution is -2.35. The summed E-state index contributed by atoms with van der Waals surface area (Å²) in [5, 5.41) is 4.74. The van der Waals surface area contributed by atoms with E-state index in [2.05, 4.69) is 21.2 Å². The molecule has 0 aromatic heterocycles. The first kappa shape index (κ1) is 15.7. The molecule has 0 saturated heterocycles.